The van der Waals surface area contributed by atoms with Crippen molar-refractivity contribution in [1.82, 2.24) is 4.90 Å². The van der Waals surface area contributed by atoms with Crippen LogP contribution in [0.1, 0.15) is 16.5 Å². The Morgan fingerprint density at radius 3 is 2.40 bits per heavy atom. The van der Waals surface area contributed by atoms with Gasteiger partial charge < -0.3 is 10.0 Å². The number of nitrogens with zero attached hydrogens (tertiary/aromatic N) is 1. The number of halogens is 2. The van der Waals surface area contributed by atoms with Crippen molar-refractivity contribution in [3.8, 4) is 0 Å². The summed E-state index contributed by atoms with van der Waals surface area (Å²) in [7, 11) is 0. The highest BCUT2D eigenvalue weighted by molar-refractivity contribution is 7.99. The summed E-state index contributed by atoms with van der Waals surface area (Å²) in [5, 5.41) is 9.59. The molecule has 0 aromatic heterocycles. The highest BCUT2D eigenvalue weighted by Gasteiger charge is 2.42. The third kappa shape index (κ3) is 3.96. The van der Waals surface area contributed by atoms with Gasteiger partial charge in [-0.15, -0.1) is 11.8 Å². The van der Waals surface area contributed by atoms with Crippen LogP contribution in [0, 0.1) is 5.82 Å². The van der Waals surface area contributed by atoms with Gasteiger partial charge in [0.25, 0.3) is 0 Å². The zero-order valence-corrected chi connectivity index (χ0v) is 14.6. The van der Waals surface area contributed by atoms with Gasteiger partial charge in [0.15, 0.2) is 0 Å². The summed E-state index contributed by atoms with van der Waals surface area (Å²) in [6.07, 6.45) is 0.0825. The van der Waals surface area contributed by atoms with Gasteiger partial charge >= 0.3 is 5.97 Å². The van der Waals surface area contributed by atoms with Crippen LogP contribution in [0.15, 0.2) is 48.5 Å². The fourth-order valence-electron chi connectivity index (χ4n) is 2.75. The third-order valence-corrected chi connectivity index (χ3v) is 5.57. The zero-order valence-electron chi connectivity index (χ0n) is 13.1. The molecule has 25 heavy (non-hydrogen) atoms. The lowest BCUT2D eigenvalue weighted by Crippen LogP contribution is -2.43. The van der Waals surface area contributed by atoms with E-state index in [0.29, 0.717) is 16.3 Å². The van der Waals surface area contributed by atoms with Crippen LogP contribution in [0.5, 0.6) is 0 Å². The van der Waals surface area contributed by atoms with E-state index in [1.54, 1.807) is 36.4 Å². The van der Waals surface area contributed by atoms with Crippen LogP contribution >= 0.6 is 23.4 Å². The number of amides is 1. The molecule has 0 aliphatic carbocycles. The average molecular weight is 380 g/mol. The molecule has 0 spiro atoms. The molecule has 1 heterocycles. The smallest absolute Gasteiger partial charge is 0.327 e. The van der Waals surface area contributed by atoms with Gasteiger partial charge in [-0.1, -0.05) is 35.9 Å². The van der Waals surface area contributed by atoms with E-state index in [-0.39, 0.29) is 18.1 Å². The van der Waals surface area contributed by atoms with Gasteiger partial charge in [-0.3, -0.25) is 4.79 Å². The molecule has 130 valence electrons. The molecule has 0 unspecified atom stereocenters. The third-order valence-electron chi connectivity index (χ3n) is 4.00. The number of carboxylic acid groups (broad SMARTS) is 1. The predicted molar refractivity (Wildman–Crippen MR) is 95.0 cm³/mol. The SMILES string of the molecule is O=C(O)[C@H]1CS[C@@H](c2ccc(F)cc2)N1C(=O)Cc1ccc(Cl)cc1. The molecule has 1 fully saturated rings. The molecule has 1 aliphatic heterocycles. The monoisotopic (exact) mass is 379 g/mol. The Morgan fingerprint density at radius 2 is 1.80 bits per heavy atom. The summed E-state index contributed by atoms with van der Waals surface area (Å²) >= 11 is 7.22. The fraction of sp³-hybridized carbons (Fsp3) is 0.222. The number of hydrogen-bond donors (Lipinski definition) is 1. The van der Waals surface area contributed by atoms with E-state index in [9.17, 15) is 19.1 Å². The van der Waals surface area contributed by atoms with Gasteiger partial charge in [0.05, 0.1) is 6.42 Å². The number of rotatable bonds is 4. The van der Waals surface area contributed by atoms with Crippen molar-refractivity contribution in [2.45, 2.75) is 17.8 Å². The lowest BCUT2D eigenvalue weighted by molar-refractivity contribution is -0.148. The number of carbonyl (C=O) groups is 2. The van der Waals surface area contributed by atoms with Gasteiger partial charge in [0, 0.05) is 10.8 Å². The summed E-state index contributed by atoms with van der Waals surface area (Å²) in [6, 6.07) is 11.7. The first-order chi connectivity index (χ1) is 12.0. The first-order valence-corrected chi connectivity index (χ1v) is 9.04. The largest absolute Gasteiger partial charge is 0.480 e. The van der Waals surface area contributed by atoms with E-state index in [2.05, 4.69) is 0 Å². The first kappa shape index (κ1) is 17.8. The summed E-state index contributed by atoms with van der Waals surface area (Å²) in [4.78, 5) is 25.8. The van der Waals surface area contributed by atoms with Crippen LogP contribution in [-0.2, 0) is 16.0 Å². The van der Waals surface area contributed by atoms with Crippen molar-refractivity contribution >= 4 is 35.2 Å². The molecule has 0 bridgehead atoms. The Labute approximate surface area is 153 Å². The lowest BCUT2D eigenvalue weighted by Gasteiger charge is -2.27. The number of thioether (sulfide) groups is 1. The molecule has 1 saturated heterocycles. The van der Waals surface area contributed by atoms with E-state index >= 15 is 0 Å². The van der Waals surface area contributed by atoms with Crippen LogP contribution in [0.2, 0.25) is 5.02 Å². The Balaban J connectivity index is 1.86. The van der Waals surface area contributed by atoms with Crippen molar-refractivity contribution in [3.05, 3.63) is 70.5 Å². The van der Waals surface area contributed by atoms with Crippen LogP contribution in [0.4, 0.5) is 4.39 Å². The van der Waals surface area contributed by atoms with Crippen molar-refractivity contribution in [2.24, 2.45) is 0 Å². The highest BCUT2D eigenvalue weighted by Crippen LogP contribution is 2.41. The standard InChI is InChI=1S/C18H15ClFNO3S/c19-13-5-1-11(2-6-13)9-16(22)21-15(18(23)24)10-25-17(21)12-3-7-14(20)8-4-12/h1-8,15,17H,9-10H2,(H,23,24)/t15-,17+/m1/s1. The van der Waals surface area contributed by atoms with Crippen molar-refractivity contribution in [3.63, 3.8) is 0 Å². The quantitative estimate of drug-likeness (QED) is 0.879. The Hall–Kier alpha value is -2.05. The Kier molecular flexibility index (Phi) is 5.30. The summed E-state index contributed by atoms with van der Waals surface area (Å²) in [6.45, 7) is 0. The molecule has 3 rings (SSSR count). The molecule has 4 nitrogen and oxygen atoms in total. The van der Waals surface area contributed by atoms with Crippen LogP contribution < -0.4 is 0 Å². The van der Waals surface area contributed by atoms with Crippen molar-refractivity contribution in [2.75, 3.05) is 5.75 Å². The van der Waals surface area contributed by atoms with Gasteiger partial charge in [-0.25, -0.2) is 9.18 Å². The summed E-state index contributed by atoms with van der Waals surface area (Å²) < 4.78 is 13.2. The second-order valence-corrected chi connectivity index (χ2v) is 7.25. The van der Waals surface area contributed by atoms with Crippen molar-refractivity contribution < 1.29 is 19.1 Å². The van der Waals surface area contributed by atoms with E-state index in [1.165, 1.54) is 28.8 Å². The highest BCUT2D eigenvalue weighted by atomic mass is 35.5. The molecule has 0 radical (unpaired) electrons. The maximum atomic E-state index is 13.2. The number of hydrogen-bond acceptors (Lipinski definition) is 3. The molecule has 7 heteroatoms. The summed E-state index contributed by atoms with van der Waals surface area (Å²) in [5.74, 6) is -1.40. The van der Waals surface area contributed by atoms with Crippen LogP contribution in [-0.4, -0.2) is 33.7 Å². The minimum atomic E-state index is -1.04. The molecule has 1 aliphatic rings. The van der Waals surface area contributed by atoms with Crippen LogP contribution in [0.3, 0.4) is 0 Å². The predicted octanol–water partition coefficient (Wildman–Crippen LogP) is 3.75. The molecule has 1 N–H and O–H groups in total. The van der Waals surface area contributed by atoms with E-state index in [4.69, 9.17) is 11.6 Å². The zero-order chi connectivity index (χ0) is 18.0. The normalized spacial score (nSPS) is 19.8. The first-order valence-electron chi connectivity index (χ1n) is 7.61. The van der Waals surface area contributed by atoms with E-state index in [0.717, 1.165) is 5.56 Å². The van der Waals surface area contributed by atoms with Gasteiger partial charge in [-0.05, 0) is 35.4 Å². The average Bonchev–Trinajstić information content (AvgIpc) is 3.03. The summed E-state index contributed by atoms with van der Waals surface area (Å²) in [5.41, 5.74) is 1.47. The maximum absolute atomic E-state index is 13.2. The van der Waals surface area contributed by atoms with Gasteiger partial charge in [-0.2, -0.15) is 0 Å². The number of carboxylic acids is 1. The minimum absolute atomic E-state index is 0.0825. The number of carbonyl (C=O) groups excluding carboxylic acids is 1. The molecular weight excluding hydrogens is 365 g/mol. The van der Waals surface area contributed by atoms with E-state index < -0.39 is 17.4 Å². The molecule has 2 atom stereocenters. The molecule has 2 aromatic carbocycles. The minimum Gasteiger partial charge on any atom is -0.480 e. The van der Waals surface area contributed by atoms with E-state index in [1.807, 2.05) is 0 Å². The second-order valence-electron chi connectivity index (χ2n) is 5.70. The van der Waals surface area contributed by atoms with Crippen molar-refractivity contribution in [1.29, 1.82) is 0 Å². The molecular formula is C18H15ClFNO3S. The topological polar surface area (TPSA) is 57.6 Å². The lowest BCUT2D eigenvalue weighted by atomic mass is 10.1. The Bertz CT molecular complexity index is 782. The van der Waals surface area contributed by atoms with Gasteiger partial charge in [0.2, 0.25) is 5.91 Å². The molecule has 2 aromatic rings. The molecule has 0 saturated carbocycles. The number of aliphatic carboxylic acids is 1. The van der Waals surface area contributed by atoms with Gasteiger partial charge in [0.1, 0.15) is 17.2 Å². The maximum Gasteiger partial charge on any atom is 0.327 e. The number of benzene rings is 2. The molecule has 1 amide bonds. The second kappa shape index (κ2) is 7.45. The fourth-order valence-corrected chi connectivity index (χ4v) is 4.32. The van der Waals surface area contributed by atoms with Crippen LogP contribution in [0.25, 0.3) is 0 Å². The Morgan fingerprint density at radius 1 is 1.16 bits per heavy atom.